The predicted molar refractivity (Wildman–Crippen MR) is 75.1 cm³/mol. The highest BCUT2D eigenvalue weighted by Crippen LogP contribution is 2.39. The van der Waals surface area contributed by atoms with Crippen LogP contribution in [-0.4, -0.2) is 34.7 Å². The third-order valence-electron chi connectivity index (χ3n) is 3.86. The van der Waals surface area contributed by atoms with E-state index in [2.05, 4.69) is 10.3 Å². The van der Waals surface area contributed by atoms with Gasteiger partial charge in [-0.3, -0.25) is 9.20 Å². The fraction of sp³-hybridized carbons (Fsp3) is 0.467. The molecule has 4 nitrogen and oxygen atoms in total. The van der Waals surface area contributed by atoms with Crippen LogP contribution in [0.25, 0.3) is 5.52 Å². The lowest BCUT2D eigenvalue weighted by atomic mass is 10.1. The summed E-state index contributed by atoms with van der Waals surface area (Å²) in [7, 11) is 0. The second-order valence-corrected chi connectivity index (χ2v) is 5.46. The molecule has 0 bridgehead atoms. The maximum absolute atomic E-state index is 12.5. The zero-order valence-corrected chi connectivity index (χ0v) is 11.8. The van der Waals surface area contributed by atoms with Gasteiger partial charge < -0.3 is 5.32 Å². The highest BCUT2D eigenvalue weighted by Gasteiger charge is 2.29. The topological polar surface area (TPSA) is 46.4 Å². The van der Waals surface area contributed by atoms with Gasteiger partial charge in [-0.1, -0.05) is 0 Å². The molecule has 1 saturated carbocycles. The molecular formula is C15H17F2N3O. The Hall–Kier alpha value is -1.98. The summed E-state index contributed by atoms with van der Waals surface area (Å²) in [5, 5.41) is 2.37. The van der Waals surface area contributed by atoms with Crippen molar-refractivity contribution in [3.63, 3.8) is 0 Å². The number of hydrogen-bond acceptors (Lipinski definition) is 2. The molecule has 2 aromatic rings. The smallest absolute Gasteiger partial charge is 0.253 e. The summed E-state index contributed by atoms with van der Waals surface area (Å²) in [6.45, 7) is -0.000760. The highest BCUT2D eigenvalue weighted by atomic mass is 19.1. The number of imidazole rings is 1. The quantitative estimate of drug-likeness (QED) is 0.921. The molecule has 1 aliphatic carbocycles. The van der Waals surface area contributed by atoms with Crippen LogP contribution in [0.15, 0.2) is 18.3 Å². The number of alkyl halides is 2. The van der Waals surface area contributed by atoms with E-state index >= 15 is 0 Å². The molecule has 1 aliphatic rings. The summed E-state index contributed by atoms with van der Waals surface area (Å²) in [6, 6.07) is 2.39. The van der Waals surface area contributed by atoms with E-state index in [0.717, 1.165) is 29.9 Å². The van der Waals surface area contributed by atoms with Crippen molar-refractivity contribution >= 4 is 11.4 Å². The van der Waals surface area contributed by atoms with Crippen molar-refractivity contribution in [1.82, 2.24) is 14.7 Å². The molecule has 0 radical (unpaired) electrons. The monoisotopic (exact) mass is 293 g/mol. The molecule has 1 fully saturated rings. The number of nitrogens with one attached hydrogen (secondary N) is 1. The van der Waals surface area contributed by atoms with Gasteiger partial charge in [0.15, 0.2) is 0 Å². The van der Waals surface area contributed by atoms with Crippen molar-refractivity contribution in [2.45, 2.75) is 31.7 Å². The van der Waals surface area contributed by atoms with Crippen LogP contribution in [0.4, 0.5) is 8.78 Å². The minimum absolute atomic E-state index is 0.425. The van der Waals surface area contributed by atoms with Crippen LogP contribution in [0.3, 0.4) is 0 Å². The van der Waals surface area contributed by atoms with E-state index in [1.807, 2.05) is 11.3 Å². The van der Waals surface area contributed by atoms with Gasteiger partial charge in [0.25, 0.3) is 5.91 Å². The molecule has 0 unspecified atom stereocenters. The van der Waals surface area contributed by atoms with Crippen LogP contribution in [0.1, 0.15) is 40.6 Å². The number of rotatable bonds is 5. The first-order chi connectivity index (χ1) is 10.2. The van der Waals surface area contributed by atoms with Gasteiger partial charge in [-0.15, -0.1) is 0 Å². The number of fused-ring (bicyclic) bond motifs is 1. The molecule has 0 atom stereocenters. The van der Waals surface area contributed by atoms with Crippen LogP contribution < -0.4 is 5.32 Å². The predicted octanol–water partition coefficient (Wildman–Crippen LogP) is 2.56. The Labute approximate surface area is 121 Å². The van der Waals surface area contributed by atoms with Crippen LogP contribution in [0.5, 0.6) is 0 Å². The fourth-order valence-corrected chi connectivity index (χ4v) is 2.52. The molecule has 0 spiro atoms. The number of carbonyl (C=O) groups is 1. The van der Waals surface area contributed by atoms with Gasteiger partial charge in [0.1, 0.15) is 19.2 Å². The van der Waals surface area contributed by atoms with Crippen molar-refractivity contribution < 1.29 is 13.6 Å². The Morgan fingerprint density at radius 1 is 1.43 bits per heavy atom. The van der Waals surface area contributed by atoms with Gasteiger partial charge in [0.2, 0.25) is 0 Å². The molecule has 2 heterocycles. The molecule has 3 rings (SSSR count). The summed E-state index contributed by atoms with van der Waals surface area (Å²) in [4.78, 5) is 16.6. The Balaban J connectivity index is 1.97. The molecule has 112 valence electrons. The van der Waals surface area contributed by atoms with E-state index in [0.29, 0.717) is 11.5 Å². The Morgan fingerprint density at radius 2 is 2.14 bits per heavy atom. The number of aromatic nitrogens is 2. The van der Waals surface area contributed by atoms with E-state index in [1.165, 1.54) is 0 Å². The highest BCUT2D eigenvalue weighted by molar-refractivity contribution is 5.95. The number of pyridine rings is 1. The molecule has 0 saturated heterocycles. The van der Waals surface area contributed by atoms with E-state index in [1.54, 1.807) is 18.3 Å². The first-order valence-electron chi connectivity index (χ1n) is 7.05. The molecule has 1 N–H and O–H groups in total. The van der Waals surface area contributed by atoms with Gasteiger partial charge in [-0.25, -0.2) is 13.8 Å². The van der Waals surface area contributed by atoms with E-state index in [9.17, 15) is 13.6 Å². The maximum atomic E-state index is 12.5. The van der Waals surface area contributed by atoms with E-state index in [4.69, 9.17) is 0 Å². The van der Waals surface area contributed by atoms with Crippen molar-refractivity contribution in [2.24, 2.45) is 0 Å². The fourth-order valence-electron chi connectivity index (χ4n) is 2.52. The second kappa shape index (κ2) is 5.42. The Kier molecular flexibility index (Phi) is 3.61. The van der Waals surface area contributed by atoms with Crippen LogP contribution in [0, 0.1) is 6.92 Å². The number of nitrogens with zero attached hydrogens (tertiary/aromatic N) is 2. The molecule has 0 aliphatic heterocycles. The van der Waals surface area contributed by atoms with Gasteiger partial charge in [0.05, 0.1) is 23.3 Å². The van der Waals surface area contributed by atoms with Crippen molar-refractivity contribution in [2.75, 3.05) is 13.3 Å². The number of aryl methyl sites for hydroxylation is 1. The molecule has 6 heteroatoms. The SMILES string of the molecule is Cc1c(C(=O)NC(CF)CF)ccc2cnc(C3CC3)n12. The maximum Gasteiger partial charge on any atom is 0.253 e. The van der Waals surface area contributed by atoms with Crippen LogP contribution in [0.2, 0.25) is 0 Å². The van der Waals surface area contributed by atoms with Crippen molar-refractivity contribution in [3.05, 3.63) is 35.4 Å². The van der Waals surface area contributed by atoms with Crippen LogP contribution >= 0.6 is 0 Å². The number of halogens is 2. The Morgan fingerprint density at radius 3 is 2.76 bits per heavy atom. The Bertz CT molecular complexity index is 675. The van der Waals surface area contributed by atoms with Gasteiger partial charge >= 0.3 is 0 Å². The third kappa shape index (κ3) is 2.50. The van der Waals surface area contributed by atoms with Gasteiger partial charge in [0, 0.05) is 11.6 Å². The van der Waals surface area contributed by atoms with Crippen LogP contribution in [-0.2, 0) is 0 Å². The lowest BCUT2D eigenvalue weighted by Crippen LogP contribution is -2.38. The average Bonchev–Trinajstić information content (AvgIpc) is 3.24. The zero-order chi connectivity index (χ0) is 15.0. The molecule has 2 aromatic heterocycles. The number of carbonyl (C=O) groups excluding carboxylic acids is 1. The first-order valence-corrected chi connectivity index (χ1v) is 7.05. The lowest BCUT2D eigenvalue weighted by molar-refractivity contribution is 0.0920. The number of hydrogen-bond donors (Lipinski definition) is 1. The molecular weight excluding hydrogens is 276 g/mol. The van der Waals surface area contributed by atoms with Gasteiger partial charge in [-0.05, 0) is 31.9 Å². The summed E-state index contributed by atoms with van der Waals surface area (Å²) >= 11 is 0. The lowest BCUT2D eigenvalue weighted by Gasteiger charge is -2.14. The minimum Gasteiger partial charge on any atom is -0.344 e. The normalized spacial score (nSPS) is 14.9. The largest absolute Gasteiger partial charge is 0.344 e. The number of amides is 1. The van der Waals surface area contributed by atoms with Crippen molar-refractivity contribution in [3.8, 4) is 0 Å². The average molecular weight is 293 g/mol. The van der Waals surface area contributed by atoms with E-state index in [-0.39, 0.29) is 0 Å². The standard InChI is InChI=1S/C15H17F2N3O/c1-9-13(15(21)19-11(6-16)7-17)5-4-12-8-18-14(20(9)12)10-2-3-10/h4-5,8,10-11H,2-3,6-7H2,1H3,(H,19,21). The van der Waals surface area contributed by atoms with Gasteiger partial charge in [-0.2, -0.15) is 0 Å². The van der Waals surface area contributed by atoms with Crippen molar-refractivity contribution in [1.29, 1.82) is 0 Å². The minimum atomic E-state index is -1.08. The second-order valence-electron chi connectivity index (χ2n) is 5.46. The molecule has 1 amide bonds. The molecule has 0 aromatic carbocycles. The third-order valence-corrected chi connectivity index (χ3v) is 3.86. The zero-order valence-electron chi connectivity index (χ0n) is 11.8. The first kappa shape index (κ1) is 14.0. The summed E-state index contributed by atoms with van der Waals surface area (Å²) in [5.41, 5.74) is 2.11. The van der Waals surface area contributed by atoms with E-state index < -0.39 is 25.3 Å². The summed E-state index contributed by atoms with van der Waals surface area (Å²) in [6.07, 6.45) is 4.01. The summed E-state index contributed by atoms with van der Waals surface area (Å²) in [5.74, 6) is 0.962. The summed E-state index contributed by atoms with van der Waals surface area (Å²) < 4.78 is 27.1. The molecule has 21 heavy (non-hydrogen) atoms.